The number of methoxy groups -OCH3 is 1. The lowest BCUT2D eigenvalue weighted by Gasteiger charge is -2.42. The number of fused-ring (bicyclic) bond motifs is 1. The topological polar surface area (TPSA) is 136 Å². The van der Waals surface area contributed by atoms with Crippen LogP contribution in [0.25, 0.3) is 0 Å². The Morgan fingerprint density at radius 2 is 2.06 bits per heavy atom. The molecule has 0 bridgehead atoms. The number of nitrogens with zero attached hydrogens (tertiary/aromatic N) is 2. The summed E-state index contributed by atoms with van der Waals surface area (Å²) in [6.45, 7) is 7.57. The molecule has 0 aromatic heterocycles. The van der Waals surface area contributed by atoms with Crippen LogP contribution in [0.15, 0.2) is 0 Å². The number of hydrogen-bond acceptors (Lipinski definition) is 10. The molecular weight excluding hydrogens is 444 g/mol. The maximum atomic E-state index is 13.4. The van der Waals surface area contributed by atoms with E-state index in [0.717, 1.165) is 38.4 Å². The number of piperidine rings is 2. The lowest BCUT2D eigenvalue weighted by atomic mass is 9.90. The van der Waals surface area contributed by atoms with E-state index in [1.54, 1.807) is 7.11 Å². The second kappa shape index (κ2) is 11.1. The number of ether oxygens (including phenoxy) is 1. The van der Waals surface area contributed by atoms with Gasteiger partial charge in [0.15, 0.2) is 0 Å². The monoisotopic (exact) mass is 488 g/mol. The Morgan fingerprint density at radius 1 is 1.24 bits per heavy atom. The number of nitrogens with one attached hydrogen (secondary N) is 5. The highest BCUT2D eigenvalue weighted by atomic mass is 32.2. The van der Waals surface area contributed by atoms with Crippen molar-refractivity contribution in [3.63, 3.8) is 0 Å². The van der Waals surface area contributed by atoms with E-state index in [-0.39, 0.29) is 18.8 Å². The molecule has 0 saturated carbocycles. The van der Waals surface area contributed by atoms with Crippen LogP contribution in [-0.2, 0) is 14.8 Å². The maximum absolute atomic E-state index is 13.4. The van der Waals surface area contributed by atoms with E-state index in [1.807, 2.05) is 12.1 Å². The summed E-state index contributed by atoms with van der Waals surface area (Å²) in [4.78, 5) is 2.60. The van der Waals surface area contributed by atoms with Crippen LogP contribution in [0.2, 0.25) is 0 Å². The molecule has 4 aliphatic heterocycles. The normalized spacial score (nSPS) is 39.6. The molecule has 4 rings (SSSR count). The number of hydrogen-bond donors (Lipinski definition) is 6. The third kappa shape index (κ3) is 5.88. The molecule has 0 spiro atoms. The fraction of sp³-hybridized carbons (Fsp3) is 1.00. The summed E-state index contributed by atoms with van der Waals surface area (Å²) in [5.74, 6) is 1.07. The van der Waals surface area contributed by atoms with Gasteiger partial charge in [-0.15, -0.1) is 0 Å². The van der Waals surface area contributed by atoms with Gasteiger partial charge < -0.3 is 21.1 Å². The molecule has 4 fully saturated rings. The summed E-state index contributed by atoms with van der Waals surface area (Å²) in [6, 6.07) is 0.168. The first-order valence-electron chi connectivity index (χ1n) is 12.5. The number of likely N-dealkylation sites (tertiary alicyclic amines) is 1. The molecule has 192 valence electrons. The Kier molecular flexibility index (Phi) is 8.64. The highest BCUT2D eigenvalue weighted by Gasteiger charge is 2.47. The second-order valence-corrected chi connectivity index (χ2v) is 12.3. The van der Waals surface area contributed by atoms with Crippen molar-refractivity contribution in [3.8, 4) is 0 Å². The molecule has 11 nitrogen and oxygen atoms in total. The second-order valence-electron chi connectivity index (χ2n) is 10.3. The molecule has 7 N–H and O–H groups in total. The number of likely N-dealkylation sites (N-methyl/N-ethyl adjacent to an activating group) is 1. The predicted molar refractivity (Wildman–Crippen MR) is 129 cm³/mol. The van der Waals surface area contributed by atoms with E-state index in [9.17, 15) is 8.42 Å². The van der Waals surface area contributed by atoms with Crippen LogP contribution in [0.4, 0.5) is 0 Å². The summed E-state index contributed by atoms with van der Waals surface area (Å²) in [5, 5.41) is 11.6. The number of sulfonamides is 1. The molecule has 0 amide bonds. The third-order valence-electron chi connectivity index (χ3n) is 8.00. The molecule has 7 unspecified atom stereocenters. The standard InChI is InChI=1S/C21H44N8O3S/c1-14-5-7-29(13-14)16-4-6-23-18(8-16)24-12-17(9-22)33(30,31)27-19-20-15(11-26-28(20)2)10-25-21(19)32-3/h14-21,23-27H,4-13,22H2,1-3H3/t14-,15?,16?,17?,18?,19?,20?,21?/m1/s1. The minimum Gasteiger partial charge on any atom is -0.365 e. The molecular formula is C21H44N8O3S. The van der Waals surface area contributed by atoms with Crippen molar-refractivity contribution in [2.24, 2.45) is 17.6 Å². The fourth-order valence-electron chi connectivity index (χ4n) is 6.03. The average Bonchev–Trinajstić information content (AvgIpc) is 3.40. The number of hydrazine groups is 1. The highest BCUT2D eigenvalue weighted by molar-refractivity contribution is 7.90. The Balaban J connectivity index is 1.35. The Labute approximate surface area is 198 Å². The first-order valence-corrected chi connectivity index (χ1v) is 14.0. The van der Waals surface area contributed by atoms with E-state index >= 15 is 0 Å². The van der Waals surface area contributed by atoms with Crippen LogP contribution in [0.5, 0.6) is 0 Å². The van der Waals surface area contributed by atoms with Crippen LogP contribution in [0.3, 0.4) is 0 Å². The predicted octanol–water partition coefficient (Wildman–Crippen LogP) is -2.38. The van der Waals surface area contributed by atoms with Gasteiger partial charge in [-0.25, -0.2) is 18.1 Å². The van der Waals surface area contributed by atoms with Gasteiger partial charge in [0.25, 0.3) is 0 Å². The smallest absolute Gasteiger partial charge is 0.217 e. The van der Waals surface area contributed by atoms with Gasteiger partial charge in [-0.3, -0.25) is 15.6 Å². The van der Waals surface area contributed by atoms with Gasteiger partial charge in [0, 0.05) is 64.9 Å². The van der Waals surface area contributed by atoms with Crippen molar-refractivity contribution in [3.05, 3.63) is 0 Å². The van der Waals surface area contributed by atoms with Crippen molar-refractivity contribution in [2.75, 3.05) is 60.0 Å². The Morgan fingerprint density at radius 3 is 2.76 bits per heavy atom. The fourth-order valence-corrected chi connectivity index (χ4v) is 7.43. The van der Waals surface area contributed by atoms with Crippen molar-refractivity contribution in [2.45, 2.75) is 62.0 Å². The van der Waals surface area contributed by atoms with Crippen LogP contribution < -0.4 is 31.8 Å². The first-order chi connectivity index (χ1) is 15.8. The Bertz CT molecular complexity index is 743. The number of rotatable bonds is 9. The summed E-state index contributed by atoms with van der Waals surface area (Å²) in [6.07, 6.45) is 3.10. The van der Waals surface area contributed by atoms with E-state index < -0.39 is 27.5 Å². The van der Waals surface area contributed by atoms with Gasteiger partial charge in [-0.2, -0.15) is 0 Å². The molecule has 4 heterocycles. The molecule has 12 heteroatoms. The molecule has 4 aliphatic rings. The maximum Gasteiger partial charge on any atom is 0.217 e. The molecule has 0 radical (unpaired) electrons. The zero-order valence-corrected chi connectivity index (χ0v) is 21.1. The van der Waals surface area contributed by atoms with Gasteiger partial charge in [0.1, 0.15) is 11.5 Å². The van der Waals surface area contributed by atoms with Crippen molar-refractivity contribution in [1.29, 1.82) is 0 Å². The van der Waals surface area contributed by atoms with Gasteiger partial charge in [0.2, 0.25) is 10.0 Å². The van der Waals surface area contributed by atoms with Crippen LogP contribution in [-0.4, -0.2) is 114 Å². The summed E-state index contributed by atoms with van der Waals surface area (Å²) in [7, 11) is -0.101. The zero-order valence-electron chi connectivity index (χ0n) is 20.3. The van der Waals surface area contributed by atoms with E-state index in [1.165, 1.54) is 19.5 Å². The third-order valence-corrected chi connectivity index (χ3v) is 9.84. The van der Waals surface area contributed by atoms with Crippen LogP contribution in [0, 0.1) is 11.8 Å². The van der Waals surface area contributed by atoms with Crippen LogP contribution >= 0.6 is 0 Å². The molecule has 0 aromatic carbocycles. The molecule has 0 aromatic rings. The minimum absolute atomic E-state index is 0.0148. The summed E-state index contributed by atoms with van der Waals surface area (Å²) < 4.78 is 35.3. The first kappa shape index (κ1) is 25.7. The summed E-state index contributed by atoms with van der Waals surface area (Å²) >= 11 is 0. The van der Waals surface area contributed by atoms with Crippen molar-refractivity contribution < 1.29 is 13.2 Å². The van der Waals surface area contributed by atoms with Crippen molar-refractivity contribution in [1.82, 2.24) is 36.0 Å². The highest BCUT2D eigenvalue weighted by Crippen LogP contribution is 2.26. The van der Waals surface area contributed by atoms with E-state index in [0.29, 0.717) is 18.5 Å². The minimum atomic E-state index is -3.66. The molecule has 8 atom stereocenters. The SMILES string of the molecule is COC1NCC2CNN(C)C2C1NS(=O)(=O)C(CN)CNC1CC(N2CC[C@@H](C)C2)CCN1. The Hall–Kier alpha value is -0.410. The van der Waals surface area contributed by atoms with Gasteiger partial charge >= 0.3 is 0 Å². The lowest BCUT2D eigenvalue weighted by Crippen LogP contribution is -2.67. The summed E-state index contributed by atoms with van der Waals surface area (Å²) in [5.41, 5.74) is 9.28. The van der Waals surface area contributed by atoms with E-state index in [2.05, 4.69) is 37.9 Å². The molecule has 33 heavy (non-hydrogen) atoms. The molecule has 0 aliphatic carbocycles. The van der Waals surface area contributed by atoms with Gasteiger partial charge in [-0.05, 0) is 38.3 Å². The van der Waals surface area contributed by atoms with Crippen molar-refractivity contribution >= 4 is 10.0 Å². The average molecular weight is 489 g/mol. The van der Waals surface area contributed by atoms with Crippen LogP contribution in [0.1, 0.15) is 26.2 Å². The van der Waals surface area contributed by atoms with Gasteiger partial charge in [-0.1, -0.05) is 6.92 Å². The zero-order chi connectivity index (χ0) is 23.6. The number of nitrogens with two attached hydrogens (primary N) is 1. The van der Waals surface area contributed by atoms with Gasteiger partial charge in [0.05, 0.1) is 12.2 Å². The lowest BCUT2D eigenvalue weighted by molar-refractivity contribution is -0.0106. The quantitative estimate of drug-likeness (QED) is 0.209. The molecule has 4 saturated heterocycles. The largest absolute Gasteiger partial charge is 0.365 e. The van der Waals surface area contributed by atoms with E-state index in [4.69, 9.17) is 10.5 Å².